The van der Waals surface area contributed by atoms with Crippen LogP contribution in [0.3, 0.4) is 0 Å². The first-order valence-corrected chi connectivity index (χ1v) is 9.88. The highest BCUT2D eigenvalue weighted by atomic mass is 16.6. The molecule has 152 valence electrons. The van der Waals surface area contributed by atoms with Crippen LogP contribution in [0, 0.1) is 6.92 Å². The molecule has 1 fully saturated rings. The first-order valence-electron chi connectivity index (χ1n) is 9.88. The molecular formula is C22H25N3O4. The summed E-state index contributed by atoms with van der Waals surface area (Å²) in [6.07, 6.45) is 2.11. The molecule has 2 aliphatic rings. The zero-order valence-electron chi connectivity index (χ0n) is 16.4. The normalized spacial score (nSPS) is 18.4. The molecule has 1 saturated heterocycles. The molecule has 4 rings (SSSR count). The standard InChI is InChI=1S/C22H25N3O4/c1-15-4-2-5-16(12-15)21(26)25-22(23-14-18-6-3-9-27-18)24-17-7-8-19-20(13-17)29-11-10-28-19/h2,4-5,7-8,12-13,18H,3,6,9-11,14H2,1H3,(H2,23,24,25,26). The number of aliphatic imine (C=N–C) groups is 1. The van der Waals surface area contributed by atoms with E-state index in [1.54, 1.807) is 6.07 Å². The molecule has 0 aliphatic carbocycles. The van der Waals surface area contributed by atoms with Crippen molar-refractivity contribution in [2.45, 2.75) is 25.9 Å². The van der Waals surface area contributed by atoms with Gasteiger partial charge in [-0.15, -0.1) is 0 Å². The van der Waals surface area contributed by atoms with E-state index >= 15 is 0 Å². The number of carbonyl (C=O) groups is 1. The zero-order chi connectivity index (χ0) is 20.1. The number of guanidine groups is 1. The summed E-state index contributed by atoms with van der Waals surface area (Å²) in [5, 5.41) is 6.08. The largest absolute Gasteiger partial charge is 0.486 e. The molecule has 7 nitrogen and oxygen atoms in total. The Balaban J connectivity index is 1.51. The molecule has 2 N–H and O–H groups in total. The van der Waals surface area contributed by atoms with Gasteiger partial charge in [0.1, 0.15) is 13.2 Å². The van der Waals surface area contributed by atoms with Gasteiger partial charge < -0.3 is 19.5 Å². The van der Waals surface area contributed by atoms with Crippen LogP contribution in [0.2, 0.25) is 0 Å². The molecule has 1 amide bonds. The number of benzene rings is 2. The van der Waals surface area contributed by atoms with E-state index in [2.05, 4.69) is 15.6 Å². The van der Waals surface area contributed by atoms with Crippen molar-refractivity contribution in [1.82, 2.24) is 5.32 Å². The van der Waals surface area contributed by atoms with E-state index < -0.39 is 0 Å². The molecule has 2 aromatic rings. The van der Waals surface area contributed by atoms with Crippen LogP contribution in [0.1, 0.15) is 28.8 Å². The highest BCUT2D eigenvalue weighted by Gasteiger charge is 2.17. The second-order valence-corrected chi connectivity index (χ2v) is 7.13. The summed E-state index contributed by atoms with van der Waals surface area (Å²) in [5.74, 6) is 1.54. The number of aryl methyl sites for hydroxylation is 1. The van der Waals surface area contributed by atoms with E-state index in [9.17, 15) is 4.79 Å². The van der Waals surface area contributed by atoms with Crippen LogP contribution in [0.15, 0.2) is 47.5 Å². The number of nitrogens with zero attached hydrogens (tertiary/aromatic N) is 1. The molecule has 1 unspecified atom stereocenters. The van der Waals surface area contributed by atoms with Crippen molar-refractivity contribution in [2.75, 3.05) is 31.7 Å². The molecule has 0 bridgehead atoms. The van der Waals surface area contributed by atoms with Gasteiger partial charge in [-0.1, -0.05) is 17.7 Å². The Morgan fingerprint density at radius 1 is 1.10 bits per heavy atom. The van der Waals surface area contributed by atoms with E-state index in [1.165, 1.54) is 0 Å². The first kappa shape index (κ1) is 19.3. The van der Waals surface area contributed by atoms with Crippen LogP contribution in [0.5, 0.6) is 11.5 Å². The second-order valence-electron chi connectivity index (χ2n) is 7.13. The van der Waals surface area contributed by atoms with Crippen molar-refractivity contribution in [1.29, 1.82) is 0 Å². The number of hydrogen-bond acceptors (Lipinski definition) is 5. The van der Waals surface area contributed by atoms with Crippen LogP contribution in [0.4, 0.5) is 5.69 Å². The number of nitrogens with one attached hydrogen (secondary N) is 2. The van der Waals surface area contributed by atoms with Crippen LogP contribution < -0.4 is 20.1 Å². The Labute approximate surface area is 170 Å². The topological polar surface area (TPSA) is 81.2 Å². The van der Waals surface area contributed by atoms with E-state index in [1.807, 2.05) is 43.3 Å². The fourth-order valence-corrected chi connectivity index (χ4v) is 3.32. The summed E-state index contributed by atoms with van der Waals surface area (Å²) in [4.78, 5) is 17.3. The Bertz CT molecular complexity index is 907. The smallest absolute Gasteiger partial charge is 0.257 e. The van der Waals surface area contributed by atoms with Gasteiger partial charge in [-0.3, -0.25) is 10.1 Å². The molecule has 0 radical (unpaired) electrons. The zero-order valence-corrected chi connectivity index (χ0v) is 16.4. The molecule has 2 aromatic carbocycles. The minimum Gasteiger partial charge on any atom is -0.486 e. The van der Waals surface area contributed by atoms with Gasteiger partial charge >= 0.3 is 0 Å². The maximum absolute atomic E-state index is 12.7. The van der Waals surface area contributed by atoms with Gasteiger partial charge in [-0.25, -0.2) is 4.99 Å². The van der Waals surface area contributed by atoms with Gasteiger partial charge in [0, 0.05) is 23.9 Å². The van der Waals surface area contributed by atoms with Gasteiger partial charge in [0.15, 0.2) is 11.5 Å². The minimum absolute atomic E-state index is 0.0861. The number of hydrogen-bond donors (Lipinski definition) is 2. The van der Waals surface area contributed by atoms with Crippen LogP contribution >= 0.6 is 0 Å². The fourth-order valence-electron chi connectivity index (χ4n) is 3.32. The van der Waals surface area contributed by atoms with Crippen LogP contribution in [-0.4, -0.2) is 44.3 Å². The minimum atomic E-state index is -0.218. The Morgan fingerprint density at radius 2 is 1.97 bits per heavy atom. The Hall–Kier alpha value is -3.06. The van der Waals surface area contributed by atoms with Gasteiger partial charge in [0.05, 0.1) is 12.6 Å². The van der Waals surface area contributed by atoms with Crippen molar-refractivity contribution in [2.24, 2.45) is 4.99 Å². The lowest BCUT2D eigenvalue weighted by Gasteiger charge is -2.19. The SMILES string of the molecule is Cc1cccc(C(=O)NC(=NCC2CCCO2)Nc2ccc3c(c2)OCCO3)c1. The molecule has 0 saturated carbocycles. The van der Waals surface area contributed by atoms with Crippen molar-refractivity contribution < 1.29 is 19.0 Å². The van der Waals surface area contributed by atoms with Gasteiger partial charge in [-0.2, -0.15) is 0 Å². The summed E-state index contributed by atoms with van der Waals surface area (Å²) in [5.41, 5.74) is 2.36. The predicted molar refractivity (Wildman–Crippen MR) is 111 cm³/mol. The summed E-state index contributed by atoms with van der Waals surface area (Å²) < 4.78 is 16.9. The second kappa shape index (κ2) is 8.96. The molecule has 1 atom stereocenters. The number of carbonyl (C=O) groups excluding carboxylic acids is 1. The fraction of sp³-hybridized carbons (Fsp3) is 0.364. The third-order valence-corrected chi connectivity index (χ3v) is 4.79. The summed E-state index contributed by atoms with van der Waals surface area (Å²) in [6.45, 7) is 4.26. The summed E-state index contributed by atoms with van der Waals surface area (Å²) >= 11 is 0. The lowest BCUT2D eigenvalue weighted by atomic mass is 10.1. The first-order chi connectivity index (χ1) is 14.2. The quantitative estimate of drug-likeness (QED) is 0.614. The number of rotatable bonds is 4. The molecule has 0 spiro atoms. The third-order valence-electron chi connectivity index (χ3n) is 4.79. The van der Waals surface area contributed by atoms with Crippen molar-refractivity contribution >= 4 is 17.6 Å². The van der Waals surface area contributed by atoms with Gasteiger partial charge in [-0.05, 0) is 44.0 Å². The number of ether oxygens (including phenoxy) is 3. The molecule has 0 aromatic heterocycles. The number of fused-ring (bicyclic) bond motifs is 1. The van der Waals surface area contributed by atoms with E-state index in [4.69, 9.17) is 14.2 Å². The van der Waals surface area contributed by atoms with Crippen LogP contribution in [-0.2, 0) is 4.74 Å². The average Bonchev–Trinajstić information content (AvgIpc) is 3.25. The highest BCUT2D eigenvalue weighted by molar-refractivity contribution is 6.10. The number of anilines is 1. The maximum Gasteiger partial charge on any atom is 0.257 e. The molecule has 29 heavy (non-hydrogen) atoms. The summed E-state index contributed by atoms with van der Waals surface area (Å²) in [7, 11) is 0. The van der Waals surface area contributed by atoms with E-state index in [-0.39, 0.29) is 12.0 Å². The number of amides is 1. The maximum atomic E-state index is 12.7. The van der Waals surface area contributed by atoms with Gasteiger partial charge in [0.2, 0.25) is 5.96 Å². The van der Waals surface area contributed by atoms with Crippen molar-refractivity contribution in [3.8, 4) is 11.5 Å². The van der Waals surface area contributed by atoms with Crippen molar-refractivity contribution in [3.63, 3.8) is 0 Å². The van der Waals surface area contributed by atoms with E-state index in [0.29, 0.717) is 42.8 Å². The Morgan fingerprint density at radius 3 is 2.76 bits per heavy atom. The monoisotopic (exact) mass is 395 g/mol. The molecule has 2 aliphatic heterocycles. The molecule has 2 heterocycles. The lowest BCUT2D eigenvalue weighted by Crippen LogP contribution is -2.36. The molecular weight excluding hydrogens is 370 g/mol. The van der Waals surface area contributed by atoms with Gasteiger partial charge in [0.25, 0.3) is 5.91 Å². The lowest BCUT2D eigenvalue weighted by molar-refractivity contribution is 0.0975. The highest BCUT2D eigenvalue weighted by Crippen LogP contribution is 2.32. The average molecular weight is 395 g/mol. The summed E-state index contributed by atoms with van der Waals surface area (Å²) in [6, 6.07) is 13.0. The Kier molecular flexibility index (Phi) is 5.95. The third kappa shape index (κ3) is 5.06. The molecule has 7 heteroatoms. The predicted octanol–water partition coefficient (Wildman–Crippen LogP) is 3.14. The van der Waals surface area contributed by atoms with Crippen LogP contribution in [0.25, 0.3) is 0 Å². The van der Waals surface area contributed by atoms with E-state index in [0.717, 1.165) is 30.7 Å². The van der Waals surface area contributed by atoms with Crippen molar-refractivity contribution in [3.05, 3.63) is 53.6 Å².